The van der Waals surface area contributed by atoms with Gasteiger partial charge < -0.3 is 11.1 Å². The molecule has 0 aliphatic heterocycles. The maximum atomic E-state index is 5.79. The Morgan fingerprint density at radius 1 is 1.40 bits per heavy atom. The summed E-state index contributed by atoms with van der Waals surface area (Å²) < 4.78 is 0. The van der Waals surface area contributed by atoms with Crippen LogP contribution in [0.2, 0.25) is 0 Å². The van der Waals surface area contributed by atoms with Gasteiger partial charge in [-0.05, 0) is 56.4 Å². The van der Waals surface area contributed by atoms with Gasteiger partial charge in [0.2, 0.25) is 0 Å². The molecule has 1 aliphatic rings. The van der Waals surface area contributed by atoms with Crippen molar-refractivity contribution in [2.75, 3.05) is 11.1 Å². The molecule has 1 fully saturated rings. The number of rotatable bonds is 3. The first-order valence-corrected chi connectivity index (χ1v) is 5.79. The van der Waals surface area contributed by atoms with Crippen molar-refractivity contribution in [1.82, 2.24) is 0 Å². The van der Waals surface area contributed by atoms with E-state index in [2.05, 4.69) is 31.3 Å². The number of hydrogen-bond donors (Lipinski definition) is 2. The van der Waals surface area contributed by atoms with Gasteiger partial charge in [0.15, 0.2) is 0 Å². The van der Waals surface area contributed by atoms with Gasteiger partial charge in [0.05, 0.1) is 0 Å². The standard InChI is InChI=1S/C13H20N2/c1-9-8-12(6-7-13(9)14)15-10(2)11-4-3-5-11/h6-8,10-11,15H,3-5,14H2,1-2H3. The zero-order chi connectivity index (χ0) is 10.8. The van der Waals surface area contributed by atoms with Crippen LogP contribution in [0.15, 0.2) is 18.2 Å². The third-order valence-electron chi connectivity index (χ3n) is 3.52. The Morgan fingerprint density at radius 3 is 2.67 bits per heavy atom. The van der Waals surface area contributed by atoms with Crippen LogP contribution in [0.4, 0.5) is 11.4 Å². The van der Waals surface area contributed by atoms with Crippen molar-refractivity contribution < 1.29 is 0 Å². The minimum Gasteiger partial charge on any atom is -0.399 e. The number of nitrogens with two attached hydrogens (primary N) is 1. The van der Waals surface area contributed by atoms with Crippen molar-refractivity contribution in [2.24, 2.45) is 5.92 Å². The molecule has 1 aromatic carbocycles. The Balaban J connectivity index is 2.00. The highest BCUT2D eigenvalue weighted by Gasteiger charge is 2.23. The lowest BCUT2D eigenvalue weighted by Gasteiger charge is -2.32. The summed E-state index contributed by atoms with van der Waals surface area (Å²) in [6, 6.07) is 6.76. The minimum atomic E-state index is 0.585. The first-order valence-electron chi connectivity index (χ1n) is 5.79. The third kappa shape index (κ3) is 2.25. The van der Waals surface area contributed by atoms with Gasteiger partial charge in [-0.3, -0.25) is 0 Å². The normalized spacial score (nSPS) is 18.3. The average Bonchev–Trinajstić information content (AvgIpc) is 2.08. The van der Waals surface area contributed by atoms with Crippen LogP contribution in [0.1, 0.15) is 31.7 Å². The molecule has 3 N–H and O–H groups in total. The maximum Gasteiger partial charge on any atom is 0.0346 e. The van der Waals surface area contributed by atoms with E-state index in [-0.39, 0.29) is 0 Å². The van der Waals surface area contributed by atoms with Crippen molar-refractivity contribution in [3.63, 3.8) is 0 Å². The molecule has 0 heterocycles. The summed E-state index contributed by atoms with van der Waals surface area (Å²) >= 11 is 0. The van der Waals surface area contributed by atoms with E-state index in [0.29, 0.717) is 6.04 Å². The highest BCUT2D eigenvalue weighted by molar-refractivity contribution is 5.57. The topological polar surface area (TPSA) is 38.0 Å². The SMILES string of the molecule is Cc1cc(NC(C)C2CCC2)ccc1N. The fraction of sp³-hybridized carbons (Fsp3) is 0.538. The molecule has 0 bridgehead atoms. The van der Waals surface area contributed by atoms with Crippen molar-refractivity contribution in [3.05, 3.63) is 23.8 Å². The lowest BCUT2D eigenvalue weighted by atomic mass is 9.80. The smallest absolute Gasteiger partial charge is 0.0346 e. The lowest BCUT2D eigenvalue weighted by molar-refractivity contribution is 0.285. The molecule has 1 saturated carbocycles. The minimum absolute atomic E-state index is 0.585. The number of nitrogens with one attached hydrogen (secondary N) is 1. The van der Waals surface area contributed by atoms with Crippen molar-refractivity contribution in [2.45, 2.75) is 39.2 Å². The van der Waals surface area contributed by atoms with Crippen LogP contribution in [-0.2, 0) is 0 Å². The molecule has 0 spiro atoms. The van der Waals surface area contributed by atoms with Crippen molar-refractivity contribution in [1.29, 1.82) is 0 Å². The van der Waals surface area contributed by atoms with Gasteiger partial charge in [-0.15, -0.1) is 0 Å². The number of benzene rings is 1. The molecule has 2 nitrogen and oxygen atoms in total. The maximum absolute atomic E-state index is 5.79. The molecule has 1 aliphatic carbocycles. The monoisotopic (exact) mass is 204 g/mol. The van der Waals surface area contributed by atoms with Crippen LogP contribution in [-0.4, -0.2) is 6.04 Å². The van der Waals surface area contributed by atoms with Crippen LogP contribution in [0.3, 0.4) is 0 Å². The van der Waals surface area contributed by atoms with E-state index in [1.165, 1.54) is 24.9 Å². The number of aryl methyl sites for hydroxylation is 1. The highest BCUT2D eigenvalue weighted by Crippen LogP contribution is 2.31. The molecule has 2 heteroatoms. The molecule has 0 amide bonds. The van der Waals surface area contributed by atoms with E-state index >= 15 is 0 Å². The molecule has 0 aromatic heterocycles. The highest BCUT2D eigenvalue weighted by atomic mass is 14.9. The van der Waals surface area contributed by atoms with Crippen LogP contribution < -0.4 is 11.1 Å². The van der Waals surface area contributed by atoms with E-state index in [9.17, 15) is 0 Å². The summed E-state index contributed by atoms with van der Waals surface area (Å²) in [5.74, 6) is 0.864. The molecule has 15 heavy (non-hydrogen) atoms. The molecular weight excluding hydrogens is 184 g/mol. The van der Waals surface area contributed by atoms with Crippen molar-refractivity contribution >= 4 is 11.4 Å². The lowest BCUT2D eigenvalue weighted by Crippen LogP contribution is -2.30. The van der Waals surface area contributed by atoms with Crippen LogP contribution in [0.25, 0.3) is 0 Å². The van der Waals surface area contributed by atoms with Crippen LogP contribution in [0.5, 0.6) is 0 Å². The van der Waals surface area contributed by atoms with Gasteiger partial charge in [0.25, 0.3) is 0 Å². The average molecular weight is 204 g/mol. The van der Waals surface area contributed by atoms with E-state index in [0.717, 1.165) is 17.2 Å². The third-order valence-corrected chi connectivity index (χ3v) is 3.52. The van der Waals surface area contributed by atoms with Crippen LogP contribution >= 0.6 is 0 Å². The second kappa shape index (κ2) is 4.13. The van der Waals surface area contributed by atoms with Gasteiger partial charge in [0.1, 0.15) is 0 Å². The summed E-state index contributed by atoms with van der Waals surface area (Å²) in [4.78, 5) is 0. The Kier molecular flexibility index (Phi) is 2.85. The predicted octanol–water partition coefficient (Wildman–Crippen LogP) is 3.18. The van der Waals surface area contributed by atoms with E-state index in [1.54, 1.807) is 0 Å². The summed E-state index contributed by atoms with van der Waals surface area (Å²) in [5.41, 5.74) is 9.01. The van der Waals surface area contributed by atoms with E-state index in [1.807, 2.05) is 6.07 Å². The Morgan fingerprint density at radius 2 is 2.13 bits per heavy atom. The zero-order valence-electron chi connectivity index (χ0n) is 9.59. The van der Waals surface area contributed by atoms with E-state index < -0.39 is 0 Å². The summed E-state index contributed by atoms with van der Waals surface area (Å²) in [6.45, 7) is 4.32. The molecule has 82 valence electrons. The summed E-state index contributed by atoms with van der Waals surface area (Å²) in [6.07, 6.45) is 4.15. The quantitative estimate of drug-likeness (QED) is 0.742. The van der Waals surface area contributed by atoms with Gasteiger partial charge >= 0.3 is 0 Å². The second-order valence-electron chi connectivity index (χ2n) is 4.70. The molecule has 0 saturated heterocycles. The molecule has 1 aromatic rings. The molecule has 1 unspecified atom stereocenters. The summed E-state index contributed by atoms with van der Waals surface area (Å²) in [7, 11) is 0. The van der Waals surface area contributed by atoms with Crippen molar-refractivity contribution in [3.8, 4) is 0 Å². The Hall–Kier alpha value is -1.18. The zero-order valence-corrected chi connectivity index (χ0v) is 9.59. The molecule has 0 radical (unpaired) electrons. The molecule has 2 rings (SSSR count). The number of nitrogen functional groups attached to an aromatic ring is 1. The van der Waals surface area contributed by atoms with Crippen LogP contribution in [0, 0.1) is 12.8 Å². The predicted molar refractivity (Wildman–Crippen MR) is 66.0 cm³/mol. The number of hydrogen-bond acceptors (Lipinski definition) is 2. The first kappa shape index (κ1) is 10.3. The van der Waals surface area contributed by atoms with Gasteiger partial charge in [-0.1, -0.05) is 6.42 Å². The fourth-order valence-electron chi connectivity index (χ4n) is 2.09. The molecule has 1 atom stereocenters. The second-order valence-corrected chi connectivity index (χ2v) is 4.70. The van der Waals surface area contributed by atoms with Gasteiger partial charge in [0, 0.05) is 17.4 Å². The van der Waals surface area contributed by atoms with Gasteiger partial charge in [-0.25, -0.2) is 0 Å². The Labute approximate surface area is 91.9 Å². The summed E-state index contributed by atoms with van der Waals surface area (Å²) in [5, 5.41) is 3.56. The molecular formula is C13H20N2. The Bertz CT molecular complexity index is 342. The fourth-order valence-corrected chi connectivity index (χ4v) is 2.09. The van der Waals surface area contributed by atoms with E-state index in [4.69, 9.17) is 5.73 Å². The first-order chi connectivity index (χ1) is 7.16. The van der Waals surface area contributed by atoms with Gasteiger partial charge in [-0.2, -0.15) is 0 Å². The number of anilines is 2. The largest absolute Gasteiger partial charge is 0.399 e.